The smallest absolute Gasteiger partial charge is 0.231 e. The van der Waals surface area contributed by atoms with Gasteiger partial charge in [0, 0.05) is 24.6 Å². The molecule has 0 fully saturated rings. The molecule has 2 atom stereocenters. The van der Waals surface area contributed by atoms with Gasteiger partial charge in [0.1, 0.15) is 0 Å². The third-order valence-electron chi connectivity index (χ3n) is 6.33. The lowest BCUT2D eigenvalue weighted by Crippen LogP contribution is -2.33. The van der Waals surface area contributed by atoms with E-state index in [1.165, 1.54) is 5.56 Å². The number of aliphatic hydroxyl groups excluding tert-OH is 1. The maximum Gasteiger partial charge on any atom is 0.231 e. The summed E-state index contributed by atoms with van der Waals surface area (Å²) in [4.78, 5) is 13.4. The summed E-state index contributed by atoms with van der Waals surface area (Å²) in [6.45, 7) is 6.89. The number of carbonyl (C=O) groups is 1. The van der Waals surface area contributed by atoms with Gasteiger partial charge in [-0.25, -0.2) is 0 Å². The Morgan fingerprint density at radius 3 is 2.37 bits per heavy atom. The highest BCUT2D eigenvalue weighted by Crippen LogP contribution is 2.35. The van der Waals surface area contributed by atoms with Crippen LogP contribution in [0.15, 0.2) is 72.8 Å². The Morgan fingerprint density at radius 1 is 0.943 bits per heavy atom. The molecule has 182 valence electrons. The van der Waals surface area contributed by atoms with Crippen molar-refractivity contribution in [3.8, 4) is 11.5 Å². The van der Waals surface area contributed by atoms with Crippen LogP contribution in [0.4, 0.5) is 0 Å². The van der Waals surface area contributed by atoms with Crippen LogP contribution in [0.25, 0.3) is 11.6 Å². The highest BCUT2D eigenvalue weighted by molar-refractivity contribution is 6.25. The monoisotopic (exact) mass is 471 g/mol. The van der Waals surface area contributed by atoms with Gasteiger partial charge in [0.2, 0.25) is 6.79 Å². The molecule has 0 aliphatic carbocycles. The Hall–Kier alpha value is -3.41. The third kappa shape index (κ3) is 6.18. The van der Waals surface area contributed by atoms with Crippen molar-refractivity contribution in [2.24, 2.45) is 0 Å². The van der Waals surface area contributed by atoms with Crippen LogP contribution in [0.1, 0.15) is 61.5 Å². The number of ketones is 1. The molecule has 1 aliphatic rings. The van der Waals surface area contributed by atoms with E-state index in [9.17, 15) is 9.90 Å². The molecule has 0 amide bonds. The normalized spacial score (nSPS) is 14.7. The van der Waals surface area contributed by atoms with E-state index < -0.39 is 6.10 Å². The van der Waals surface area contributed by atoms with Crippen LogP contribution < -0.4 is 14.8 Å². The average Bonchev–Trinajstić information content (AvgIpc) is 3.35. The first-order chi connectivity index (χ1) is 16.9. The number of hydrogen-bond acceptors (Lipinski definition) is 5. The van der Waals surface area contributed by atoms with Gasteiger partial charge in [-0.1, -0.05) is 74.5 Å². The Labute approximate surface area is 207 Å². The number of benzene rings is 3. The van der Waals surface area contributed by atoms with E-state index in [-0.39, 0.29) is 18.6 Å². The highest BCUT2D eigenvalue weighted by atomic mass is 16.7. The summed E-state index contributed by atoms with van der Waals surface area (Å²) in [5, 5.41) is 13.9. The summed E-state index contributed by atoms with van der Waals surface area (Å²) < 4.78 is 11.0. The van der Waals surface area contributed by atoms with Gasteiger partial charge in [0.15, 0.2) is 17.3 Å². The maximum absolute atomic E-state index is 13.4. The van der Waals surface area contributed by atoms with Gasteiger partial charge >= 0.3 is 0 Å². The number of ether oxygens (including phenoxy) is 2. The minimum absolute atomic E-state index is 0.0192. The number of nitrogens with one attached hydrogen (secondary N) is 1. The lowest BCUT2D eigenvalue weighted by molar-refractivity contribution is -0.113. The van der Waals surface area contributed by atoms with E-state index >= 15 is 0 Å². The van der Waals surface area contributed by atoms with E-state index in [4.69, 9.17) is 9.47 Å². The van der Waals surface area contributed by atoms with Crippen LogP contribution in [0.2, 0.25) is 0 Å². The molecule has 0 spiro atoms. The fourth-order valence-electron chi connectivity index (χ4n) is 4.13. The average molecular weight is 472 g/mol. The molecule has 1 aliphatic heterocycles. The van der Waals surface area contributed by atoms with Gasteiger partial charge in [0.25, 0.3) is 0 Å². The highest BCUT2D eigenvalue weighted by Gasteiger charge is 2.20. The van der Waals surface area contributed by atoms with Crippen molar-refractivity contribution in [3.63, 3.8) is 0 Å². The van der Waals surface area contributed by atoms with Gasteiger partial charge in [0.05, 0.1) is 6.10 Å². The first-order valence-corrected chi connectivity index (χ1v) is 12.1. The van der Waals surface area contributed by atoms with Crippen molar-refractivity contribution in [2.75, 3.05) is 13.3 Å². The molecule has 35 heavy (non-hydrogen) atoms. The second kappa shape index (κ2) is 11.3. The maximum atomic E-state index is 13.4. The van der Waals surface area contributed by atoms with Crippen LogP contribution in [0.5, 0.6) is 11.5 Å². The fourth-order valence-corrected chi connectivity index (χ4v) is 4.13. The van der Waals surface area contributed by atoms with Crippen molar-refractivity contribution >= 4 is 17.4 Å². The summed E-state index contributed by atoms with van der Waals surface area (Å²) in [5.41, 5.74) is 4.50. The molecule has 2 unspecified atom stereocenters. The lowest BCUT2D eigenvalue weighted by Gasteiger charge is -2.20. The Morgan fingerprint density at radius 2 is 1.66 bits per heavy atom. The Kier molecular flexibility index (Phi) is 8.01. The van der Waals surface area contributed by atoms with Gasteiger partial charge in [-0.3, -0.25) is 4.79 Å². The lowest BCUT2D eigenvalue weighted by atomic mass is 9.95. The molecular weight excluding hydrogens is 438 g/mol. The van der Waals surface area contributed by atoms with Crippen molar-refractivity contribution in [2.45, 2.75) is 45.3 Å². The second-order valence-electron chi connectivity index (χ2n) is 9.22. The summed E-state index contributed by atoms with van der Waals surface area (Å²) in [5.74, 6) is 1.80. The Balaban J connectivity index is 1.50. The molecular formula is C30H33NO4. The predicted octanol–water partition coefficient (Wildman–Crippen LogP) is 5.75. The quantitative estimate of drug-likeness (QED) is 0.291. The van der Waals surface area contributed by atoms with Crippen molar-refractivity contribution in [1.82, 2.24) is 5.32 Å². The molecule has 3 aromatic rings. The molecule has 4 rings (SSSR count). The molecule has 5 heteroatoms. The van der Waals surface area contributed by atoms with Crippen molar-refractivity contribution < 1.29 is 19.4 Å². The Bertz CT molecular complexity index is 1170. The first kappa shape index (κ1) is 24.7. The topological polar surface area (TPSA) is 67.8 Å². The van der Waals surface area contributed by atoms with Gasteiger partial charge in [-0.2, -0.15) is 0 Å². The van der Waals surface area contributed by atoms with Gasteiger partial charge in [-0.15, -0.1) is 0 Å². The minimum Gasteiger partial charge on any atom is -0.454 e. The molecule has 3 aromatic carbocycles. The molecule has 1 heterocycles. The second-order valence-corrected chi connectivity index (χ2v) is 9.22. The molecule has 0 radical (unpaired) electrons. The molecule has 2 N–H and O–H groups in total. The largest absolute Gasteiger partial charge is 0.454 e. The van der Waals surface area contributed by atoms with E-state index in [1.807, 2.05) is 73.7 Å². The van der Waals surface area contributed by atoms with Gasteiger partial charge < -0.3 is 19.9 Å². The number of Topliss-reactive ketones (excluding diaryl/α,β-unsaturated/α-hetero) is 1. The zero-order valence-corrected chi connectivity index (χ0v) is 20.5. The molecule has 0 bridgehead atoms. The van der Waals surface area contributed by atoms with Crippen molar-refractivity contribution in [1.29, 1.82) is 0 Å². The number of aliphatic hydroxyl groups is 1. The van der Waals surface area contributed by atoms with Crippen molar-refractivity contribution in [3.05, 3.63) is 95.1 Å². The van der Waals surface area contributed by atoms with E-state index in [2.05, 4.69) is 31.3 Å². The summed E-state index contributed by atoms with van der Waals surface area (Å²) in [7, 11) is 0. The van der Waals surface area contributed by atoms with E-state index in [0.717, 1.165) is 16.7 Å². The fraction of sp³-hybridized carbons (Fsp3) is 0.300. The number of allylic oxidation sites excluding steroid dienone is 1. The number of hydrogen-bond donors (Lipinski definition) is 2. The molecule has 0 saturated carbocycles. The SMILES string of the molecule is CC(C)c1ccc(/C=C(/C(=O)CCNC(C)C(O)c2ccccc2)c2ccc3c(c2)OCO3)cc1. The zero-order valence-electron chi connectivity index (χ0n) is 20.5. The number of fused-ring (bicyclic) bond motifs is 1. The van der Waals surface area contributed by atoms with Crippen LogP contribution in [0, 0.1) is 0 Å². The zero-order chi connectivity index (χ0) is 24.8. The summed E-state index contributed by atoms with van der Waals surface area (Å²) >= 11 is 0. The number of carbonyl (C=O) groups excluding carboxylic acids is 1. The van der Waals surface area contributed by atoms with Crippen LogP contribution in [-0.4, -0.2) is 30.3 Å². The first-order valence-electron chi connectivity index (χ1n) is 12.1. The molecule has 5 nitrogen and oxygen atoms in total. The standard InChI is InChI=1S/C30H33NO4/c1-20(2)23-11-9-22(10-12-23)17-26(25-13-14-28-29(18-25)35-19-34-28)27(32)15-16-31-21(3)30(33)24-7-5-4-6-8-24/h4-14,17-18,20-21,30-31,33H,15-16,19H2,1-3H3/b26-17+. The molecule has 0 saturated heterocycles. The van der Waals surface area contributed by atoms with Gasteiger partial charge in [-0.05, 0) is 53.3 Å². The van der Waals surface area contributed by atoms with E-state index in [1.54, 1.807) is 0 Å². The van der Waals surface area contributed by atoms with Crippen LogP contribution in [-0.2, 0) is 4.79 Å². The number of rotatable bonds is 10. The van der Waals surface area contributed by atoms with E-state index in [0.29, 0.717) is 36.0 Å². The summed E-state index contributed by atoms with van der Waals surface area (Å²) in [6.07, 6.45) is 1.59. The van der Waals surface area contributed by atoms with Crippen LogP contribution in [0.3, 0.4) is 0 Å². The summed E-state index contributed by atoms with van der Waals surface area (Å²) in [6, 6.07) is 23.3. The molecule has 0 aromatic heterocycles. The minimum atomic E-state index is -0.644. The third-order valence-corrected chi connectivity index (χ3v) is 6.33. The predicted molar refractivity (Wildman–Crippen MR) is 139 cm³/mol. The van der Waals surface area contributed by atoms with Crippen LogP contribution >= 0.6 is 0 Å².